The Balaban J connectivity index is 1.28. The Morgan fingerprint density at radius 1 is 1.15 bits per heavy atom. The van der Waals surface area contributed by atoms with Crippen LogP contribution in [0.25, 0.3) is 11.3 Å². The second-order valence-electron chi connectivity index (χ2n) is 7.19. The van der Waals surface area contributed by atoms with Crippen LogP contribution >= 0.6 is 11.3 Å². The average Bonchev–Trinajstić information content (AvgIpc) is 3.40. The lowest BCUT2D eigenvalue weighted by Gasteiger charge is -2.27. The number of hydrogen-bond donors (Lipinski definition) is 0. The molecule has 0 saturated heterocycles. The first-order valence-electron chi connectivity index (χ1n) is 9.57. The van der Waals surface area contributed by atoms with E-state index in [1.165, 1.54) is 24.1 Å². The summed E-state index contributed by atoms with van der Waals surface area (Å²) in [5.41, 5.74) is 4.65. The van der Waals surface area contributed by atoms with E-state index < -0.39 is 0 Å². The molecular weight excluding hydrogens is 356 g/mol. The minimum Gasteiger partial charge on any atom is -0.460 e. The Labute approximate surface area is 162 Å². The van der Waals surface area contributed by atoms with Gasteiger partial charge in [0.05, 0.1) is 18.0 Å². The van der Waals surface area contributed by atoms with Crippen LogP contribution in [0.3, 0.4) is 0 Å². The van der Waals surface area contributed by atoms with Crippen molar-refractivity contribution in [1.82, 2.24) is 14.9 Å². The van der Waals surface area contributed by atoms with Crippen molar-refractivity contribution in [3.63, 3.8) is 0 Å². The molecule has 0 amide bonds. The lowest BCUT2D eigenvalue weighted by Crippen LogP contribution is -2.31. The quantitative estimate of drug-likeness (QED) is 0.678. The monoisotopic (exact) mass is 378 g/mol. The summed E-state index contributed by atoms with van der Waals surface area (Å²) in [5, 5.41) is 4.19. The molecule has 0 fully saturated rings. The van der Waals surface area contributed by atoms with Crippen molar-refractivity contribution >= 4 is 17.0 Å². The van der Waals surface area contributed by atoms with Crippen LogP contribution in [0.4, 0.5) is 0 Å². The maximum Gasteiger partial charge on any atom is 0.173 e. The molecule has 6 heteroatoms. The Hall–Kier alpha value is -2.31. The number of nitrogens with zero attached hydrogens (tertiary/aromatic N) is 4. The predicted molar refractivity (Wildman–Crippen MR) is 107 cm³/mol. The minimum atomic E-state index is 0.817. The van der Waals surface area contributed by atoms with Gasteiger partial charge >= 0.3 is 0 Å². The SMILES string of the molecule is c1cc(-c2ccc(CN3CCc4nc(C5=NCCCC5)ncc4C3)o2)cs1. The van der Waals surface area contributed by atoms with Crippen LogP contribution in [-0.2, 0) is 19.5 Å². The second kappa shape index (κ2) is 7.37. The molecule has 0 spiro atoms. The van der Waals surface area contributed by atoms with E-state index in [0.717, 1.165) is 67.6 Å². The van der Waals surface area contributed by atoms with Gasteiger partial charge < -0.3 is 4.42 Å². The van der Waals surface area contributed by atoms with Gasteiger partial charge in [-0.1, -0.05) is 0 Å². The van der Waals surface area contributed by atoms with Crippen LogP contribution in [0.2, 0.25) is 0 Å². The summed E-state index contributed by atoms with van der Waals surface area (Å²) in [6, 6.07) is 6.24. The number of thiophene rings is 1. The summed E-state index contributed by atoms with van der Waals surface area (Å²) in [6.07, 6.45) is 6.35. The third-order valence-electron chi connectivity index (χ3n) is 5.24. The molecule has 3 aromatic rings. The summed E-state index contributed by atoms with van der Waals surface area (Å²) in [6.45, 7) is 3.60. The number of fused-ring (bicyclic) bond motifs is 1. The molecule has 0 bridgehead atoms. The number of hydrogen-bond acceptors (Lipinski definition) is 6. The number of rotatable bonds is 4. The van der Waals surface area contributed by atoms with Crippen molar-refractivity contribution in [2.24, 2.45) is 4.99 Å². The van der Waals surface area contributed by atoms with E-state index in [0.29, 0.717) is 0 Å². The lowest BCUT2D eigenvalue weighted by atomic mass is 10.1. The van der Waals surface area contributed by atoms with Crippen molar-refractivity contribution in [2.45, 2.75) is 38.8 Å². The second-order valence-corrected chi connectivity index (χ2v) is 7.97. The topological polar surface area (TPSA) is 54.5 Å². The van der Waals surface area contributed by atoms with E-state index in [9.17, 15) is 0 Å². The van der Waals surface area contributed by atoms with E-state index in [-0.39, 0.29) is 0 Å². The Morgan fingerprint density at radius 3 is 3.00 bits per heavy atom. The largest absolute Gasteiger partial charge is 0.460 e. The van der Waals surface area contributed by atoms with E-state index >= 15 is 0 Å². The van der Waals surface area contributed by atoms with Crippen LogP contribution in [0.5, 0.6) is 0 Å². The number of furan rings is 1. The maximum atomic E-state index is 6.04. The number of aromatic nitrogens is 2. The average molecular weight is 379 g/mol. The molecule has 5 rings (SSSR count). The maximum absolute atomic E-state index is 6.04. The van der Waals surface area contributed by atoms with Gasteiger partial charge in [-0.3, -0.25) is 9.89 Å². The fourth-order valence-electron chi connectivity index (χ4n) is 3.77. The molecule has 138 valence electrons. The van der Waals surface area contributed by atoms with E-state index in [1.54, 1.807) is 11.3 Å². The number of aliphatic imine (C=N–C) groups is 1. The summed E-state index contributed by atoms with van der Waals surface area (Å²) < 4.78 is 6.04. The molecule has 5 nitrogen and oxygen atoms in total. The molecule has 0 aliphatic carbocycles. The van der Waals surface area contributed by atoms with Crippen molar-refractivity contribution in [1.29, 1.82) is 0 Å². The van der Waals surface area contributed by atoms with E-state index in [1.807, 2.05) is 6.20 Å². The Morgan fingerprint density at radius 2 is 2.15 bits per heavy atom. The van der Waals surface area contributed by atoms with E-state index in [4.69, 9.17) is 9.40 Å². The lowest BCUT2D eigenvalue weighted by molar-refractivity contribution is 0.224. The van der Waals surface area contributed by atoms with Gasteiger partial charge in [-0.25, -0.2) is 9.97 Å². The van der Waals surface area contributed by atoms with Gasteiger partial charge in [0, 0.05) is 48.8 Å². The smallest absolute Gasteiger partial charge is 0.173 e. The Kier molecular flexibility index (Phi) is 4.59. The van der Waals surface area contributed by atoms with Gasteiger partial charge in [-0.2, -0.15) is 11.3 Å². The van der Waals surface area contributed by atoms with Crippen LogP contribution in [0.15, 0.2) is 44.6 Å². The van der Waals surface area contributed by atoms with Gasteiger partial charge in [-0.05, 0) is 42.8 Å². The van der Waals surface area contributed by atoms with Crippen molar-refractivity contribution in [2.75, 3.05) is 13.1 Å². The summed E-state index contributed by atoms with van der Waals surface area (Å²) >= 11 is 1.69. The van der Waals surface area contributed by atoms with Crippen LogP contribution in [0.1, 0.15) is 42.1 Å². The first-order valence-corrected chi connectivity index (χ1v) is 10.5. The zero-order chi connectivity index (χ0) is 18.1. The molecular formula is C21H22N4OS. The van der Waals surface area contributed by atoms with Gasteiger partial charge in [0.1, 0.15) is 11.5 Å². The summed E-state index contributed by atoms with van der Waals surface area (Å²) in [4.78, 5) is 16.4. The van der Waals surface area contributed by atoms with Gasteiger partial charge in [-0.15, -0.1) is 0 Å². The minimum absolute atomic E-state index is 0.817. The van der Waals surface area contributed by atoms with E-state index in [2.05, 4.69) is 43.8 Å². The Bertz CT molecular complexity index is 960. The zero-order valence-corrected chi connectivity index (χ0v) is 16.0. The van der Waals surface area contributed by atoms with Gasteiger partial charge in [0.25, 0.3) is 0 Å². The summed E-state index contributed by atoms with van der Waals surface area (Å²) in [7, 11) is 0. The predicted octanol–water partition coefficient (Wildman–Crippen LogP) is 4.33. The molecule has 0 radical (unpaired) electrons. The highest BCUT2D eigenvalue weighted by molar-refractivity contribution is 7.08. The molecule has 0 saturated carbocycles. The van der Waals surface area contributed by atoms with Crippen LogP contribution < -0.4 is 0 Å². The molecule has 0 aromatic carbocycles. The molecule has 3 aromatic heterocycles. The molecule has 2 aliphatic heterocycles. The zero-order valence-electron chi connectivity index (χ0n) is 15.2. The highest BCUT2D eigenvalue weighted by atomic mass is 32.1. The van der Waals surface area contributed by atoms with Crippen LogP contribution in [0, 0.1) is 0 Å². The first-order chi connectivity index (χ1) is 13.3. The summed E-state index contributed by atoms with van der Waals surface area (Å²) in [5.74, 6) is 2.80. The molecule has 0 atom stereocenters. The third kappa shape index (κ3) is 3.59. The highest BCUT2D eigenvalue weighted by Crippen LogP contribution is 2.26. The molecule has 2 aliphatic rings. The molecule has 5 heterocycles. The van der Waals surface area contributed by atoms with Crippen molar-refractivity contribution in [3.05, 3.63) is 58.0 Å². The molecule has 0 unspecified atom stereocenters. The van der Waals surface area contributed by atoms with Gasteiger partial charge in [0.2, 0.25) is 0 Å². The molecule has 0 N–H and O–H groups in total. The highest BCUT2D eigenvalue weighted by Gasteiger charge is 2.21. The normalized spacial score (nSPS) is 17.6. The third-order valence-corrected chi connectivity index (χ3v) is 5.93. The first kappa shape index (κ1) is 16.8. The van der Waals surface area contributed by atoms with Gasteiger partial charge in [0.15, 0.2) is 5.82 Å². The van der Waals surface area contributed by atoms with Crippen molar-refractivity contribution < 1.29 is 4.42 Å². The standard InChI is InChI=1S/C21H22N4OS/c1-2-8-22-19(3-1)21-23-11-16-12-25(9-6-18(16)24-21)13-17-4-5-20(26-17)15-7-10-27-14-15/h4-5,7,10-11,14H,1-3,6,8-9,12-13H2. The molecule has 27 heavy (non-hydrogen) atoms. The fraction of sp³-hybridized carbons (Fsp3) is 0.381. The van der Waals surface area contributed by atoms with Crippen LogP contribution in [-0.4, -0.2) is 33.7 Å². The van der Waals surface area contributed by atoms with Crippen molar-refractivity contribution in [3.8, 4) is 11.3 Å². The fourth-order valence-corrected chi connectivity index (χ4v) is 4.42.